The van der Waals surface area contributed by atoms with E-state index in [1.54, 1.807) is 12.4 Å². The van der Waals surface area contributed by atoms with Gasteiger partial charge in [-0.05, 0) is 34.5 Å². The van der Waals surface area contributed by atoms with E-state index in [-0.39, 0.29) is 0 Å². The van der Waals surface area contributed by atoms with E-state index in [9.17, 15) is 0 Å². The molecule has 0 aromatic carbocycles. The minimum atomic E-state index is 0.629. The quantitative estimate of drug-likeness (QED) is 0.856. The van der Waals surface area contributed by atoms with Gasteiger partial charge < -0.3 is 10.6 Å². The highest BCUT2D eigenvalue weighted by Crippen LogP contribution is 2.20. The normalized spacial score (nSPS) is 10.2. The van der Waals surface area contributed by atoms with Crippen molar-refractivity contribution in [1.29, 1.82) is 0 Å². The molecule has 2 aromatic heterocycles. The van der Waals surface area contributed by atoms with Gasteiger partial charge in [-0.2, -0.15) is 4.98 Å². The second-order valence-corrected chi connectivity index (χ2v) is 4.85. The van der Waals surface area contributed by atoms with Gasteiger partial charge in [-0.15, -0.1) is 0 Å². The number of halogens is 1. The van der Waals surface area contributed by atoms with Gasteiger partial charge in [0, 0.05) is 18.9 Å². The predicted molar refractivity (Wildman–Crippen MR) is 80.1 cm³/mol. The predicted octanol–water partition coefficient (Wildman–Crippen LogP) is 3.07. The summed E-state index contributed by atoms with van der Waals surface area (Å²) in [6.07, 6.45) is 4.56. The lowest BCUT2D eigenvalue weighted by Crippen LogP contribution is -2.08. The van der Waals surface area contributed by atoms with Gasteiger partial charge in [-0.3, -0.25) is 4.98 Å². The third kappa shape index (κ3) is 4.17. The van der Waals surface area contributed by atoms with Crippen LogP contribution in [0.2, 0.25) is 0 Å². The van der Waals surface area contributed by atoms with E-state index in [1.165, 1.54) is 0 Å². The molecule has 2 N–H and O–H groups in total. The van der Waals surface area contributed by atoms with Crippen molar-refractivity contribution >= 4 is 27.7 Å². The SMILES string of the molecule is CCCNc1ncc(Br)c(NCc2ccccn2)n1. The highest BCUT2D eigenvalue weighted by molar-refractivity contribution is 9.10. The molecule has 0 radical (unpaired) electrons. The number of pyridine rings is 1. The van der Waals surface area contributed by atoms with Crippen molar-refractivity contribution in [2.45, 2.75) is 19.9 Å². The van der Waals surface area contributed by atoms with Crippen LogP contribution in [0.5, 0.6) is 0 Å². The first-order valence-corrected chi connectivity index (χ1v) is 6.99. The van der Waals surface area contributed by atoms with Gasteiger partial charge in [0.2, 0.25) is 5.95 Å². The molecule has 0 amide bonds. The van der Waals surface area contributed by atoms with Gasteiger partial charge in [0.05, 0.1) is 16.7 Å². The lowest BCUT2D eigenvalue weighted by atomic mass is 10.3. The van der Waals surface area contributed by atoms with Crippen LogP contribution in [0.1, 0.15) is 19.0 Å². The maximum atomic E-state index is 4.42. The van der Waals surface area contributed by atoms with Crippen molar-refractivity contribution in [2.75, 3.05) is 17.2 Å². The number of nitrogens with one attached hydrogen (secondary N) is 2. The summed E-state index contributed by atoms with van der Waals surface area (Å²) < 4.78 is 0.838. The van der Waals surface area contributed by atoms with Crippen molar-refractivity contribution in [1.82, 2.24) is 15.0 Å². The fourth-order valence-electron chi connectivity index (χ4n) is 1.49. The van der Waals surface area contributed by atoms with Gasteiger partial charge >= 0.3 is 0 Å². The Morgan fingerprint density at radius 1 is 1.21 bits per heavy atom. The molecule has 2 aromatic rings. The van der Waals surface area contributed by atoms with Crippen LogP contribution in [0.25, 0.3) is 0 Å². The Hall–Kier alpha value is -1.69. The Kier molecular flexibility index (Phi) is 5.09. The molecule has 0 saturated carbocycles. The molecule has 0 bridgehead atoms. The number of hydrogen-bond donors (Lipinski definition) is 2. The number of nitrogens with zero attached hydrogens (tertiary/aromatic N) is 3. The Morgan fingerprint density at radius 3 is 2.84 bits per heavy atom. The maximum Gasteiger partial charge on any atom is 0.224 e. The van der Waals surface area contributed by atoms with E-state index in [0.717, 1.165) is 29.0 Å². The summed E-state index contributed by atoms with van der Waals surface area (Å²) in [5, 5.41) is 6.41. The van der Waals surface area contributed by atoms with Crippen molar-refractivity contribution in [3.05, 3.63) is 40.8 Å². The fraction of sp³-hybridized carbons (Fsp3) is 0.308. The van der Waals surface area contributed by atoms with Crippen molar-refractivity contribution in [3.8, 4) is 0 Å². The van der Waals surface area contributed by atoms with E-state index in [2.05, 4.69) is 48.4 Å². The molecule has 0 aliphatic carbocycles. The molecule has 100 valence electrons. The summed E-state index contributed by atoms with van der Waals surface area (Å²) in [6.45, 7) is 3.59. The minimum absolute atomic E-state index is 0.629. The second-order valence-electron chi connectivity index (χ2n) is 3.99. The first-order chi connectivity index (χ1) is 9.29. The van der Waals surface area contributed by atoms with Crippen LogP contribution >= 0.6 is 15.9 Å². The Balaban J connectivity index is 2.02. The third-order valence-corrected chi connectivity index (χ3v) is 3.02. The zero-order chi connectivity index (χ0) is 13.5. The van der Waals surface area contributed by atoms with Crippen molar-refractivity contribution < 1.29 is 0 Å². The number of aromatic nitrogens is 3. The van der Waals surface area contributed by atoms with Crippen LogP contribution in [0.3, 0.4) is 0 Å². The summed E-state index contributed by atoms with van der Waals surface area (Å²) in [5.74, 6) is 1.40. The summed E-state index contributed by atoms with van der Waals surface area (Å²) in [7, 11) is 0. The number of rotatable bonds is 6. The lowest BCUT2D eigenvalue weighted by Gasteiger charge is -2.09. The minimum Gasteiger partial charge on any atom is -0.363 e. The molecule has 19 heavy (non-hydrogen) atoms. The van der Waals surface area contributed by atoms with E-state index in [4.69, 9.17) is 0 Å². The molecule has 0 spiro atoms. The van der Waals surface area contributed by atoms with Crippen LogP contribution in [0.15, 0.2) is 35.1 Å². The van der Waals surface area contributed by atoms with Crippen LogP contribution in [0, 0.1) is 0 Å². The maximum absolute atomic E-state index is 4.42. The van der Waals surface area contributed by atoms with Gasteiger partial charge in [-0.1, -0.05) is 13.0 Å². The molecular formula is C13H16BrN5. The van der Waals surface area contributed by atoms with E-state index < -0.39 is 0 Å². The molecule has 0 atom stereocenters. The first-order valence-electron chi connectivity index (χ1n) is 6.19. The standard InChI is InChI=1S/C13H16BrN5/c1-2-6-16-13-18-9-11(14)12(19-13)17-8-10-5-3-4-7-15-10/h3-5,7,9H,2,6,8H2,1H3,(H2,16,17,18,19). The zero-order valence-electron chi connectivity index (χ0n) is 10.7. The number of hydrogen-bond acceptors (Lipinski definition) is 5. The van der Waals surface area contributed by atoms with E-state index >= 15 is 0 Å². The topological polar surface area (TPSA) is 62.7 Å². The lowest BCUT2D eigenvalue weighted by molar-refractivity contribution is 0.946. The molecule has 0 aliphatic heterocycles. The summed E-state index contributed by atoms with van der Waals surface area (Å²) in [5.41, 5.74) is 0.969. The van der Waals surface area contributed by atoms with E-state index in [0.29, 0.717) is 12.5 Å². The highest BCUT2D eigenvalue weighted by Gasteiger charge is 2.04. The molecule has 0 aliphatic rings. The summed E-state index contributed by atoms with van der Waals surface area (Å²) in [4.78, 5) is 12.9. The molecule has 2 rings (SSSR count). The van der Waals surface area contributed by atoms with Crippen LogP contribution in [-0.2, 0) is 6.54 Å². The summed E-state index contributed by atoms with van der Waals surface area (Å²) in [6, 6.07) is 5.84. The average molecular weight is 322 g/mol. The molecule has 0 fully saturated rings. The third-order valence-electron chi connectivity index (χ3n) is 2.44. The molecule has 6 heteroatoms. The Morgan fingerprint density at radius 2 is 2.11 bits per heavy atom. The van der Waals surface area contributed by atoms with Crippen LogP contribution < -0.4 is 10.6 Å². The Bertz CT molecular complexity index is 518. The Labute approximate surface area is 121 Å². The van der Waals surface area contributed by atoms with E-state index in [1.807, 2.05) is 18.2 Å². The first kappa shape index (κ1) is 13.7. The molecular weight excluding hydrogens is 306 g/mol. The van der Waals surface area contributed by atoms with Crippen LogP contribution in [0.4, 0.5) is 11.8 Å². The number of anilines is 2. The highest BCUT2D eigenvalue weighted by atomic mass is 79.9. The van der Waals surface area contributed by atoms with Crippen molar-refractivity contribution in [2.24, 2.45) is 0 Å². The summed E-state index contributed by atoms with van der Waals surface area (Å²) >= 11 is 3.44. The van der Waals surface area contributed by atoms with Gasteiger partial charge in [-0.25, -0.2) is 4.98 Å². The van der Waals surface area contributed by atoms with Gasteiger partial charge in [0.1, 0.15) is 5.82 Å². The smallest absolute Gasteiger partial charge is 0.224 e. The monoisotopic (exact) mass is 321 g/mol. The van der Waals surface area contributed by atoms with Gasteiger partial charge in [0.15, 0.2) is 0 Å². The van der Waals surface area contributed by atoms with Crippen LogP contribution in [-0.4, -0.2) is 21.5 Å². The van der Waals surface area contributed by atoms with Gasteiger partial charge in [0.25, 0.3) is 0 Å². The largest absolute Gasteiger partial charge is 0.363 e. The molecule has 2 heterocycles. The fourth-order valence-corrected chi connectivity index (χ4v) is 1.82. The zero-order valence-corrected chi connectivity index (χ0v) is 12.3. The molecule has 5 nitrogen and oxygen atoms in total. The van der Waals surface area contributed by atoms with Crippen molar-refractivity contribution in [3.63, 3.8) is 0 Å². The molecule has 0 saturated heterocycles. The molecule has 0 unspecified atom stereocenters. The average Bonchev–Trinajstić information content (AvgIpc) is 2.46. The second kappa shape index (κ2) is 7.04.